The largest absolute Gasteiger partial charge is 0.352 e. The summed E-state index contributed by atoms with van der Waals surface area (Å²) in [7, 11) is 1.86. The number of benzene rings is 1. The number of hydrogen-bond donors (Lipinski definition) is 2. The smallest absolute Gasteiger partial charge is 0.324 e. The lowest BCUT2D eigenvalue weighted by molar-refractivity contribution is -0.116. The lowest BCUT2D eigenvalue weighted by Gasteiger charge is -2.39. The zero-order valence-electron chi connectivity index (χ0n) is 20.1. The van der Waals surface area contributed by atoms with Gasteiger partial charge in [-0.05, 0) is 56.8 Å². The van der Waals surface area contributed by atoms with Crippen LogP contribution in [0.15, 0.2) is 18.2 Å². The van der Waals surface area contributed by atoms with Crippen molar-refractivity contribution in [1.29, 1.82) is 0 Å². The topological polar surface area (TPSA) is 85.0 Å². The van der Waals surface area contributed by atoms with Crippen molar-refractivity contribution in [2.75, 3.05) is 43.4 Å². The molecular weight excluding hydrogens is 418 g/mol. The lowest BCUT2D eigenvalue weighted by atomic mass is 10.0. The number of piperidine rings is 1. The van der Waals surface area contributed by atoms with Gasteiger partial charge < -0.3 is 20.4 Å². The van der Waals surface area contributed by atoms with E-state index in [1.54, 1.807) is 23.1 Å². The van der Waals surface area contributed by atoms with Crippen LogP contribution in [0.1, 0.15) is 62.7 Å². The van der Waals surface area contributed by atoms with Crippen molar-refractivity contribution in [3.05, 3.63) is 23.8 Å². The maximum absolute atomic E-state index is 13.6. The van der Waals surface area contributed by atoms with Gasteiger partial charge >= 0.3 is 6.03 Å². The number of fused-ring (bicyclic) bond motifs is 1. The molecule has 1 aliphatic carbocycles. The zero-order valence-corrected chi connectivity index (χ0v) is 20.1. The highest BCUT2D eigenvalue weighted by Crippen LogP contribution is 2.34. The van der Waals surface area contributed by atoms with Crippen LogP contribution < -0.4 is 15.5 Å². The van der Waals surface area contributed by atoms with Crippen molar-refractivity contribution in [2.45, 2.75) is 64.5 Å². The summed E-state index contributed by atoms with van der Waals surface area (Å²) >= 11 is 0. The number of urea groups is 1. The number of carbonyl (C=O) groups excluding carboxylic acids is 3. The number of hydrogen-bond acceptors (Lipinski definition) is 4. The lowest BCUT2D eigenvalue weighted by Crippen LogP contribution is -2.52. The van der Waals surface area contributed by atoms with E-state index in [9.17, 15) is 14.4 Å². The van der Waals surface area contributed by atoms with Crippen molar-refractivity contribution in [3.8, 4) is 0 Å². The Morgan fingerprint density at radius 3 is 2.58 bits per heavy atom. The molecule has 1 atom stereocenters. The fourth-order valence-electron chi connectivity index (χ4n) is 4.92. The molecule has 1 saturated heterocycles. The Morgan fingerprint density at radius 2 is 1.91 bits per heavy atom. The molecule has 33 heavy (non-hydrogen) atoms. The van der Waals surface area contributed by atoms with E-state index in [1.807, 2.05) is 18.9 Å². The minimum atomic E-state index is -0.282. The number of likely N-dealkylation sites (tertiary alicyclic amines) is 1. The summed E-state index contributed by atoms with van der Waals surface area (Å²) in [6, 6.07) is 5.03. The molecule has 8 nitrogen and oxygen atoms in total. The summed E-state index contributed by atoms with van der Waals surface area (Å²) in [5.41, 5.74) is 1.65. The Kier molecular flexibility index (Phi) is 7.22. The third-order valence-electron chi connectivity index (χ3n) is 7.31. The Bertz CT molecular complexity index is 892. The number of nitrogens with zero attached hydrogens (tertiary/aromatic N) is 3. The first-order valence-corrected chi connectivity index (χ1v) is 12.4. The van der Waals surface area contributed by atoms with Crippen molar-refractivity contribution in [2.24, 2.45) is 5.92 Å². The summed E-state index contributed by atoms with van der Waals surface area (Å²) < 4.78 is 0. The first-order valence-electron chi connectivity index (χ1n) is 12.4. The van der Waals surface area contributed by atoms with Gasteiger partial charge in [0, 0.05) is 50.7 Å². The van der Waals surface area contributed by atoms with Gasteiger partial charge in [-0.3, -0.25) is 14.5 Å². The number of nitrogens with one attached hydrogen (secondary N) is 2. The molecule has 2 heterocycles. The van der Waals surface area contributed by atoms with Crippen LogP contribution in [0.5, 0.6) is 0 Å². The van der Waals surface area contributed by atoms with Crippen LogP contribution in [0.25, 0.3) is 0 Å². The second kappa shape index (κ2) is 10.1. The molecule has 2 N–H and O–H groups in total. The second-order valence-corrected chi connectivity index (χ2v) is 9.75. The number of carbonyl (C=O) groups is 3. The first-order chi connectivity index (χ1) is 15.9. The molecule has 2 aliphatic heterocycles. The minimum absolute atomic E-state index is 0.100. The van der Waals surface area contributed by atoms with Gasteiger partial charge in [-0.2, -0.15) is 0 Å². The monoisotopic (exact) mass is 455 g/mol. The normalized spacial score (nSPS) is 21.7. The molecule has 0 aromatic heterocycles. The molecule has 0 unspecified atom stereocenters. The van der Waals surface area contributed by atoms with Gasteiger partial charge in [0.1, 0.15) is 0 Å². The predicted molar refractivity (Wildman–Crippen MR) is 130 cm³/mol. The van der Waals surface area contributed by atoms with E-state index in [2.05, 4.69) is 22.5 Å². The Labute approximate surface area is 196 Å². The summed E-state index contributed by atoms with van der Waals surface area (Å²) in [6.45, 7) is 7.74. The summed E-state index contributed by atoms with van der Waals surface area (Å²) in [5, 5.41) is 5.88. The van der Waals surface area contributed by atoms with Crippen LogP contribution >= 0.6 is 0 Å². The summed E-state index contributed by atoms with van der Waals surface area (Å²) in [6.07, 6.45) is 5.64. The van der Waals surface area contributed by atoms with E-state index < -0.39 is 0 Å². The third-order valence-corrected chi connectivity index (χ3v) is 7.31. The van der Waals surface area contributed by atoms with Gasteiger partial charge in [-0.1, -0.05) is 19.8 Å². The van der Waals surface area contributed by atoms with E-state index in [0.717, 1.165) is 44.8 Å². The van der Waals surface area contributed by atoms with Gasteiger partial charge in [-0.25, -0.2) is 4.79 Å². The van der Waals surface area contributed by atoms with Gasteiger partial charge in [0.15, 0.2) is 0 Å². The fourth-order valence-corrected chi connectivity index (χ4v) is 4.92. The molecule has 1 saturated carbocycles. The third kappa shape index (κ3) is 5.49. The SMILES string of the molecule is CCN1CCC(N(C)C(=O)N2c3ccc(C(=O)NCCC4CC4)cc3NC(=O)C[C@@H]2C)CC1. The van der Waals surface area contributed by atoms with E-state index in [0.29, 0.717) is 23.5 Å². The maximum Gasteiger partial charge on any atom is 0.324 e. The Hall–Kier alpha value is -2.61. The molecule has 180 valence electrons. The molecule has 4 amide bonds. The first kappa shape index (κ1) is 23.5. The van der Waals surface area contributed by atoms with Crippen molar-refractivity contribution in [3.63, 3.8) is 0 Å². The van der Waals surface area contributed by atoms with Crippen molar-refractivity contribution < 1.29 is 14.4 Å². The second-order valence-electron chi connectivity index (χ2n) is 9.75. The van der Waals surface area contributed by atoms with Gasteiger partial charge in [-0.15, -0.1) is 0 Å². The van der Waals surface area contributed by atoms with E-state index in [1.165, 1.54) is 12.8 Å². The number of anilines is 2. The summed E-state index contributed by atoms with van der Waals surface area (Å²) in [5.74, 6) is 0.454. The minimum Gasteiger partial charge on any atom is -0.352 e. The van der Waals surface area contributed by atoms with E-state index >= 15 is 0 Å². The number of amides is 4. The molecule has 1 aromatic rings. The van der Waals surface area contributed by atoms with Crippen LogP contribution in [0.2, 0.25) is 0 Å². The van der Waals surface area contributed by atoms with Crippen molar-refractivity contribution in [1.82, 2.24) is 15.1 Å². The van der Waals surface area contributed by atoms with Crippen LogP contribution in [0.3, 0.4) is 0 Å². The van der Waals surface area contributed by atoms with Crippen LogP contribution in [0, 0.1) is 5.92 Å². The molecule has 1 aromatic carbocycles. The quantitative estimate of drug-likeness (QED) is 0.689. The van der Waals surface area contributed by atoms with Crippen molar-refractivity contribution >= 4 is 29.2 Å². The average Bonchev–Trinajstić information content (AvgIpc) is 3.64. The molecule has 0 spiro atoms. The maximum atomic E-state index is 13.6. The highest BCUT2D eigenvalue weighted by molar-refractivity contribution is 6.06. The molecule has 8 heteroatoms. The number of rotatable bonds is 6. The molecule has 2 fully saturated rings. The standard InChI is InChI=1S/C25H37N5O3/c1-4-29-13-10-20(11-14-29)28(3)25(33)30-17(2)15-23(31)27-21-16-19(7-8-22(21)30)24(32)26-12-9-18-5-6-18/h7-8,16-18,20H,4-6,9-15H2,1-3H3,(H,26,32)(H,27,31)/t17-/m0/s1. The van der Waals surface area contributed by atoms with Crippen LogP contribution in [-0.4, -0.2) is 73.0 Å². The van der Waals surface area contributed by atoms with Crippen LogP contribution in [-0.2, 0) is 4.79 Å². The summed E-state index contributed by atoms with van der Waals surface area (Å²) in [4.78, 5) is 44.7. The highest BCUT2D eigenvalue weighted by atomic mass is 16.2. The van der Waals surface area contributed by atoms with Crippen LogP contribution in [0.4, 0.5) is 16.2 Å². The molecular formula is C25H37N5O3. The molecule has 0 radical (unpaired) electrons. The Balaban J connectivity index is 1.51. The Morgan fingerprint density at radius 1 is 1.18 bits per heavy atom. The van der Waals surface area contributed by atoms with Gasteiger partial charge in [0.25, 0.3) is 5.91 Å². The zero-order chi connectivity index (χ0) is 23.5. The molecule has 0 bridgehead atoms. The highest BCUT2D eigenvalue weighted by Gasteiger charge is 2.35. The van der Waals surface area contributed by atoms with E-state index in [4.69, 9.17) is 0 Å². The van der Waals surface area contributed by atoms with Gasteiger partial charge in [0.2, 0.25) is 5.91 Å². The van der Waals surface area contributed by atoms with Gasteiger partial charge in [0.05, 0.1) is 11.4 Å². The molecule has 4 rings (SSSR count). The van der Waals surface area contributed by atoms with E-state index in [-0.39, 0.29) is 36.3 Å². The predicted octanol–water partition coefficient (Wildman–Crippen LogP) is 3.29. The molecule has 3 aliphatic rings. The average molecular weight is 456 g/mol. The fraction of sp³-hybridized carbons (Fsp3) is 0.640.